The van der Waals surface area contributed by atoms with E-state index in [9.17, 15) is 13.2 Å². The van der Waals surface area contributed by atoms with Crippen LogP contribution in [0.5, 0.6) is 0 Å². The normalized spacial score (nSPS) is 11.6. The summed E-state index contributed by atoms with van der Waals surface area (Å²) in [5.41, 5.74) is -0.0348. The lowest BCUT2D eigenvalue weighted by Gasteiger charge is -2.06. The van der Waals surface area contributed by atoms with Crippen LogP contribution in [0.25, 0.3) is 0 Å². The van der Waals surface area contributed by atoms with Gasteiger partial charge in [0, 0.05) is 18.3 Å². The van der Waals surface area contributed by atoms with Crippen LogP contribution in [0.1, 0.15) is 36.0 Å². The quantitative estimate of drug-likeness (QED) is 0.912. The molecular formula is C12H13N3O4S. The van der Waals surface area contributed by atoms with Crippen LogP contribution >= 0.6 is 0 Å². The fraction of sp³-hybridized carbons (Fsp3) is 0.250. The molecule has 106 valence electrons. The molecule has 1 amide bonds. The molecule has 0 aliphatic heterocycles. The Morgan fingerprint density at radius 2 is 2.15 bits per heavy atom. The van der Waals surface area contributed by atoms with E-state index in [1.165, 1.54) is 18.3 Å². The lowest BCUT2D eigenvalue weighted by molar-refractivity contribution is 0.0974. The van der Waals surface area contributed by atoms with Crippen molar-refractivity contribution in [2.24, 2.45) is 0 Å². The number of hydrogen-bond acceptors (Lipinski definition) is 6. The first-order valence-corrected chi connectivity index (χ1v) is 7.30. The minimum atomic E-state index is -3.97. The highest BCUT2D eigenvalue weighted by molar-refractivity contribution is 7.90. The Morgan fingerprint density at radius 3 is 2.75 bits per heavy atom. The van der Waals surface area contributed by atoms with Crippen molar-refractivity contribution in [1.82, 2.24) is 14.7 Å². The summed E-state index contributed by atoms with van der Waals surface area (Å²) < 4.78 is 31.0. The van der Waals surface area contributed by atoms with Crippen LogP contribution in [-0.2, 0) is 10.0 Å². The van der Waals surface area contributed by atoms with E-state index in [0.717, 1.165) is 12.6 Å². The van der Waals surface area contributed by atoms with Gasteiger partial charge in [0.1, 0.15) is 10.7 Å². The van der Waals surface area contributed by atoms with Gasteiger partial charge in [0.05, 0.1) is 0 Å². The van der Waals surface area contributed by atoms with E-state index in [4.69, 9.17) is 4.42 Å². The predicted octanol–water partition coefficient (Wildman–Crippen LogP) is 1.31. The maximum atomic E-state index is 12.0. The second-order valence-corrected chi connectivity index (χ2v) is 6.03. The third-order valence-corrected chi connectivity index (χ3v) is 3.82. The number of nitrogens with one attached hydrogen (secondary N) is 1. The first-order chi connectivity index (χ1) is 9.42. The highest BCUT2D eigenvalue weighted by Gasteiger charge is 2.24. The average Bonchev–Trinajstić information content (AvgIpc) is 2.88. The Labute approximate surface area is 116 Å². The lowest BCUT2D eigenvalue weighted by Crippen LogP contribution is -2.31. The van der Waals surface area contributed by atoms with E-state index in [2.05, 4.69) is 9.97 Å². The highest BCUT2D eigenvalue weighted by atomic mass is 32.2. The number of pyridine rings is 1. The smallest absolute Gasteiger partial charge is 0.287 e. The van der Waals surface area contributed by atoms with Gasteiger partial charge in [0.15, 0.2) is 12.1 Å². The van der Waals surface area contributed by atoms with Crippen molar-refractivity contribution in [3.05, 3.63) is 42.4 Å². The van der Waals surface area contributed by atoms with Crippen molar-refractivity contribution in [3.8, 4) is 0 Å². The summed E-state index contributed by atoms with van der Waals surface area (Å²) in [7, 11) is -3.97. The van der Waals surface area contributed by atoms with Gasteiger partial charge in [-0.2, -0.15) is 0 Å². The number of aromatic nitrogens is 2. The van der Waals surface area contributed by atoms with Crippen LogP contribution in [-0.4, -0.2) is 24.3 Å². The topological polar surface area (TPSA) is 102 Å². The summed E-state index contributed by atoms with van der Waals surface area (Å²) in [5.74, 6) is -0.575. The number of nitrogens with zero attached hydrogens (tertiary/aromatic N) is 2. The van der Waals surface area contributed by atoms with E-state index in [1.54, 1.807) is 0 Å². The van der Waals surface area contributed by atoms with Crippen molar-refractivity contribution in [1.29, 1.82) is 0 Å². The monoisotopic (exact) mass is 295 g/mol. The molecule has 0 spiro atoms. The number of oxazole rings is 1. The molecule has 2 heterocycles. The summed E-state index contributed by atoms with van der Waals surface area (Å²) in [5, 5.41) is 0. The molecule has 0 radical (unpaired) electrons. The molecule has 0 bridgehead atoms. The first-order valence-electron chi connectivity index (χ1n) is 5.82. The number of amides is 1. The van der Waals surface area contributed by atoms with Crippen LogP contribution in [0.15, 0.2) is 40.2 Å². The Morgan fingerprint density at radius 1 is 1.40 bits per heavy atom. The molecular weight excluding hydrogens is 282 g/mol. The third kappa shape index (κ3) is 2.85. The predicted molar refractivity (Wildman–Crippen MR) is 69.5 cm³/mol. The molecule has 2 aromatic heterocycles. The van der Waals surface area contributed by atoms with Crippen molar-refractivity contribution in [3.63, 3.8) is 0 Å². The fourth-order valence-corrected chi connectivity index (χ4v) is 2.49. The molecule has 0 atom stereocenters. The zero-order chi connectivity index (χ0) is 14.8. The van der Waals surface area contributed by atoms with Crippen LogP contribution in [0.3, 0.4) is 0 Å². The Balaban J connectivity index is 2.26. The van der Waals surface area contributed by atoms with Gasteiger partial charge in [-0.3, -0.25) is 9.78 Å². The van der Waals surface area contributed by atoms with Crippen LogP contribution < -0.4 is 4.72 Å². The van der Waals surface area contributed by atoms with E-state index >= 15 is 0 Å². The standard InChI is InChI=1S/C12H13N3O4S/c1-8(2)11-10(14-7-19-11)12(16)15-20(17,18)9-4-3-5-13-6-9/h3-8H,1-2H3,(H,15,16). The third-order valence-electron chi connectivity index (χ3n) is 2.51. The minimum absolute atomic E-state index is 0.0348. The van der Waals surface area contributed by atoms with E-state index in [0.29, 0.717) is 5.76 Å². The molecule has 0 saturated carbocycles. The molecule has 0 aromatic carbocycles. The summed E-state index contributed by atoms with van der Waals surface area (Å²) >= 11 is 0. The Hall–Kier alpha value is -2.22. The zero-order valence-electron chi connectivity index (χ0n) is 10.9. The van der Waals surface area contributed by atoms with Crippen molar-refractivity contribution in [2.75, 3.05) is 0 Å². The van der Waals surface area contributed by atoms with Gasteiger partial charge in [-0.05, 0) is 12.1 Å². The van der Waals surface area contributed by atoms with Gasteiger partial charge >= 0.3 is 0 Å². The minimum Gasteiger partial charge on any atom is -0.447 e. The summed E-state index contributed by atoms with van der Waals surface area (Å²) in [6, 6.07) is 2.81. The summed E-state index contributed by atoms with van der Waals surface area (Å²) in [6.45, 7) is 3.62. The molecule has 0 fully saturated rings. The Kier molecular flexibility index (Phi) is 3.84. The van der Waals surface area contributed by atoms with Gasteiger partial charge in [0.25, 0.3) is 15.9 Å². The number of carbonyl (C=O) groups excluding carboxylic acids is 1. The molecule has 2 aromatic rings. The second-order valence-electron chi connectivity index (χ2n) is 4.34. The van der Waals surface area contributed by atoms with Crippen molar-refractivity contribution in [2.45, 2.75) is 24.7 Å². The second kappa shape index (κ2) is 5.41. The number of sulfonamides is 1. The molecule has 0 aliphatic rings. The Bertz CT molecular complexity index is 707. The van der Waals surface area contributed by atoms with E-state index in [1.807, 2.05) is 18.6 Å². The molecule has 8 heteroatoms. The summed E-state index contributed by atoms with van der Waals surface area (Å²) in [6.07, 6.45) is 3.71. The highest BCUT2D eigenvalue weighted by Crippen LogP contribution is 2.18. The molecule has 20 heavy (non-hydrogen) atoms. The molecule has 1 N–H and O–H groups in total. The lowest BCUT2D eigenvalue weighted by atomic mass is 10.1. The fourth-order valence-electron chi connectivity index (χ4n) is 1.57. The SMILES string of the molecule is CC(C)c1ocnc1C(=O)NS(=O)(=O)c1cccnc1. The molecule has 2 rings (SSSR count). The molecule has 7 nitrogen and oxygen atoms in total. The van der Waals surface area contributed by atoms with E-state index < -0.39 is 15.9 Å². The van der Waals surface area contributed by atoms with Gasteiger partial charge < -0.3 is 4.42 Å². The van der Waals surface area contributed by atoms with Gasteiger partial charge in [-0.1, -0.05) is 13.8 Å². The van der Waals surface area contributed by atoms with Crippen LogP contribution in [0, 0.1) is 0 Å². The molecule has 0 saturated heterocycles. The van der Waals surface area contributed by atoms with Gasteiger partial charge in [0.2, 0.25) is 0 Å². The molecule has 0 aliphatic carbocycles. The largest absolute Gasteiger partial charge is 0.447 e. The first kappa shape index (κ1) is 14.2. The van der Waals surface area contributed by atoms with Gasteiger partial charge in [-0.25, -0.2) is 18.1 Å². The average molecular weight is 295 g/mol. The van der Waals surface area contributed by atoms with Gasteiger partial charge in [-0.15, -0.1) is 0 Å². The zero-order valence-corrected chi connectivity index (χ0v) is 11.7. The maximum Gasteiger partial charge on any atom is 0.287 e. The van der Waals surface area contributed by atoms with Crippen LogP contribution in [0.2, 0.25) is 0 Å². The number of rotatable bonds is 4. The van der Waals surface area contributed by atoms with E-state index in [-0.39, 0.29) is 16.5 Å². The van der Waals surface area contributed by atoms with Crippen molar-refractivity contribution < 1.29 is 17.6 Å². The van der Waals surface area contributed by atoms with Crippen molar-refractivity contribution >= 4 is 15.9 Å². The van der Waals surface area contributed by atoms with Crippen LogP contribution in [0.4, 0.5) is 0 Å². The number of hydrogen-bond donors (Lipinski definition) is 1. The molecule has 0 unspecified atom stereocenters. The summed E-state index contributed by atoms with van der Waals surface area (Å²) in [4.78, 5) is 19.4. The number of carbonyl (C=O) groups is 1. The maximum absolute atomic E-state index is 12.0.